The smallest absolute Gasteiger partial charge is 0.339 e. The van der Waals surface area contributed by atoms with Crippen molar-refractivity contribution in [2.75, 3.05) is 12.3 Å². The third-order valence-electron chi connectivity index (χ3n) is 3.70. The van der Waals surface area contributed by atoms with Crippen molar-refractivity contribution in [2.24, 2.45) is 10.8 Å². The number of carboxylic acid groups (broad SMARTS) is 1. The van der Waals surface area contributed by atoms with Gasteiger partial charge in [0.1, 0.15) is 23.7 Å². The topological polar surface area (TPSA) is 173 Å². The Bertz CT molecular complexity index is 1090. The second kappa shape index (κ2) is 11.8. The number of benzene rings is 2. The number of carbonyl (C=O) groups excluding carboxylic acids is 1. The molecule has 0 bridgehead atoms. The van der Waals surface area contributed by atoms with E-state index in [0.717, 1.165) is 0 Å². The third kappa shape index (κ3) is 7.84. The van der Waals surface area contributed by atoms with Crippen LogP contribution >= 0.6 is 11.6 Å². The number of nitrogens with one attached hydrogen (secondary N) is 1. The number of halogens is 1. The van der Waals surface area contributed by atoms with Crippen LogP contribution < -0.4 is 21.6 Å². The standard InChI is InChI=1S/C14H13ClN4O2.C7H7NO3/c15-11-1-3-12(4-2-11)21-9-13(16)18-19-14(20)10-5-7-17-8-6-10;8-4-1-2-5(7(10)11)6(9)3-4/h1-8H,9H2,(H2,16,18)(H,19,20);1-3,9H,8H2,(H,10,11). The number of aromatic carboxylic acids is 1. The molecule has 166 valence electrons. The van der Waals surface area contributed by atoms with E-state index in [4.69, 9.17) is 38.0 Å². The molecule has 10 nitrogen and oxygen atoms in total. The summed E-state index contributed by atoms with van der Waals surface area (Å²) in [5.41, 5.74) is 13.9. The second-order valence-electron chi connectivity index (χ2n) is 6.10. The number of amidine groups is 1. The van der Waals surface area contributed by atoms with Crippen molar-refractivity contribution in [1.29, 1.82) is 0 Å². The number of carbonyl (C=O) groups is 2. The highest BCUT2D eigenvalue weighted by atomic mass is 35.5. The minimum Gasteiger partial charge on any atom is -0.507 e. The number of phenols is 1. The highest BCUT2D eigenvalue weighted by molar-refractivity contribution is 6.30. The number of aromatic hydroxyl groups is 1. The lowest BCUT2D eigenvalue weighted by atomic mass is 10.2. The number of hydrogen-bond donors (Lipinski definition) is 5. The maximum Gasteiger partial charge on any atom is 0.339 e. The maximum atomic E-state index is 11.7. The van der Waals surface area contributed by atoms with Crippen LogP contribution in [-0.2, 0) is 0 Å². The molecule has 7 N–H and O–H groups in total. The van der Waals surface area contributed by atoms with Crippen LogP contribution in [0.2, 0.25) is 5.02 Å². The molecule has 0 saturated heterocycles. The van der Waals surface area contributed by atoms with Crippen molar-refractivity contribution in [3.8, 4) is 11.5 Å². The molecular weight excluding hydrogens is 438 g/mol. The summed E-state index contributed by atoms with van der Waals surface area (Å²) >= 11 is 5.76. The fourth-order valence-corrected chi connectivity index (χ4v) is 2.27. The van der Waals surface area contributed by atoms with E-state index in [1.165, 1.54) is 30.6 Å². The van der Waals surface area contributed by atoms with Gasteiger partial charge in [-0.2, -0.15) is 5.10 Å². The quantitative estimate of drug-likeness (QED) is 0.162. The van der Waals surface area contributed by atoms with Crippen LogP contribution in [0.15, 0.2) is 72.1 Å². The van der Waals surface area contributed by atoms with E-state index >= 15 is 0 Å². The molecular formula is C21H20ClN5O5. The van der Waals surface area contributed by atoms with Crippen LogP contribution in [0.25, 0.3) is 0 Å². The first-order chi connectivity index (χ1) is 15.3. The third-order valence-corrected chi connectivity index (χ3v) is 3.95. The largest absolute Gasteiger partial charge is 0.507 e. The van der Waals surface area contributed by atoms with Gasteiger partial charge in [-0.15, -0.1) is 0 Å². The molecule has 0 atom stereocenters. The number of ether oxygens (including phenoxy) is 1. The lowest BCUT2D eigenvalue weighted by molar-refractivity contribution is 0.0693. The number of amides is 1. The average Bonchev–Trinajstić information content (AvgIpc) is 2.78. The number of pyridine rings is 1. The Morgan fingerprint density at radius 3 is 2.34 bits per heavy atom. The van der Waals surface area contributed by atoms with Crippen molar-refractivity contribution < 1.29 is 24.5 Å². The van der Waals surface area contributed by atoms with E-state index < -0.39 is 5.97 Å². The van der Waals surface area contributed by atoms with Gasteiger partial charge in [-0.3, -0.25) is 9.78 Å². The molecule has 1 amide bonds. The summed E-state index contributed by atoms with van der Waals surface area (Å²) in [4.78, 5) is 25.9. The number of nitrogens with zero attached hydrogens (tertiary/aromatic N) is 2. The number of aromatic nitrogens is 1. The predicted molar refractivity (Wildman–Crippen MR) is 120 cm³/mol. The maximum absolute atomic E-state index is 11.7. The van der Waals surface area contributed by atoms with Crippen LogP contribution in [0, 0.1) is 0 Å². The van der Waals surface area contributed by atoms with Crippen LogP contribution in [0.3, 0.4) is 0 Å². The molecule has 3 rings (SSSR count). The number of nitrogens with two attached hydrogens (primary N) is 2. The Labute approximate surface area is 188 Å². The predicted octanol–water partition coefficient (Wildman–Crippen LogP) is 2.49. The molecule has 0 spiro atoms. The molecule has 1 heterocycles. The van der Waals surface area contributed by atoms with Crippen LogP contribution in [0.4, 0.5) is 5.69 Å². The van der Waals surface area contributed by atoms with E-state index in [-0.39, 0.29) is 29.7 Å². The van der Waals surface area contributed by atoms with Gasteiger partial charge in [0.15, 0.2) is 5.84 Å². The fourth-order valence-electron chi connectivity index (χ4n) is 2.14. The Morgan fingerprint density at radius 2 is 1.75 bits per heavy atom. The van der Waals surface area contributed by atoms with E-state index in [2.05, 4.69) is 15.5 Å². The van der Waals surface area contributed by atoms with Gasteiger partial charge >= 0.3 is 5.97 Å². The van der Waals surface area contributed by atoms with Crippen LogP contribution in [0.5, 0.6) is 11.5 Å². The molecule has 2 aromatic carbocycles. The summed E-state index contributed by atoms with van der Waals surface area (Å²) in [5.74, 6) is -1.09. The number of hydrogen-bond acceptors (Lipinski definition) is 7. The zero-order valence-corrected chi connectivity index (χ0v) is 17.4. The van der Waals surface area contributed by atoms with E-state index in [0.29, 0.717) is 22.0 Å². The Balaban J connectivity index is 0.000000278. The molecule has 1 aromatic heterocycles. The van der Waals surface area contributed by atoms with E-state index in [1.54, 1.807) is 36.4 Å². The van der Waals surface area contributed by atoms with Crippen molar-refractivity contribution in [2.45, 2.75) is 0 Å². The molecule has 0 aliphatic heterocycles. The second-order valence-corrected chi connectivity index (χ2v) is 6.54. The minimum atomic E-state index is -1.16. The van der Waals surface area contributed by atoms with Gasteiger partial charge in [0, 0.05) is 34.7 Å². The zero-order valence-electron chi connectivity index (χ0n) is 16.6. The highest BCUT2D eigenvalue weighted by Crippen LogP contribution is 2.19. The fraction of sp³-hybridized carbons (Fsp3) is 0.0476. The Hall–Kier alpha value is -4.31. The normalized spacial score (nSPS) is 10.5. The number of nitrogen functional groups attached to an aromatic ring is 1. The summed E-state index contributed by atoms with van der Waals surface area (Å²) in [6, 6.07) is 13.9. The number of anilines is 1. The molecule has 0 radical (unpaired) electrons. The van der Waals surface area contributed by atoms with Gasteiger partial charge in [-0.25, -0.2) is 10.2 Å². The number of rotatable bonds is 6. The SMILES string of the molecule is N/C(COc1ccc(Cl)cc1)=N/NC(=O)c1ccncc1.Nc1ccc(C(=O)O)c(O)c1. The first kappa shape index (κ1) is 24.0. The van der Waals surface area contributed by atoms with Gasteiger partial charge < -0.3 is 26.4 Å². The van der Waals surface area contributed by atoms with E-state index in [1.807, 2.05) is 0 Å². The van der Waals surface area contributed by atoms with Crippen molar-refractivity contribution in [3.05, 3.63) is 83.1 Å². The molecule has 32 heavy (non-hydrogen) atoms. The first-order valence-corrected chi connectivity index (χ1v) is 9.36. The molecule has 3 aromatic rings. The van der Waals surface area contributed by atoms with Gasteiger partial charge in [0.25, 0.3) is 5.91 Å². The highest BCUT2D eigenvalue weighted by Gasteiger charge is 2.08. The summed E-state index contributed by atoms with van der Waals surface area (Å²) in [7, 11) is 0. The zero-order chi connectivity index (χ0) is 23.5. The first-order valence-electron chi connectivity index (χ1n) is 8.99. The van der Waals surface area contributed by atoms with Crippen LogP contribution in [0.1, 0.15) is 20.7 Å². The average molecular weight is 458 g/mol. The summed E-state index contributed by atoms with van der Waals surface area (Å²) in [6.45, 7) is 0.0538. The number of hydrazone groups is 1. The number of carboxylic acids is 1. The lowest BCUT2D eigenvalue weighted by Gasteiger charge is -2.06. The van der Waals surface area contributed by atoms with Gasteiger partial charge in [0.05, 0.1) is 0 Å². The van der Waals surface area contributed by atoms with Crippen molar-refractivity contribution in [3.63, 3.8) is 0 Å². The molecule has 11 heteroatoms. The summed E-state index contributed by atoms with van der Waals surface area (Å²) < 4.78 is 5.39. The van der Waals surface area contributed by atoms with Crippen molar-refractivity contribution in [1.82, 2.24) is 10.4 Å². The molecule has 0 fully saturated rings. The molecule has 0 aliphatic carbocycles. The van der Waals surface area contributed by atoms with Crippen molar-refractivity contribution >= 4 is 35.0 Å². The summed E-state index contributed by atoms with van der Waals surface area (Å²) in [5, 5.41) is 21.8. The van der Waals surface area contributed by atoms with Gasteiger partial charge in [0.2, 0.25) is 0 Å². The molecule has 0 unspecified atom stereocenters. The van der Waals surface area contributed by atoms with Crippen LogP contribution in [-0.4, -0.2) is 39.5 Å². The van der Waals surface area contributed by atoms with E-state index in [9.17, 15) is 9.59 Å². The monoisotopic (exact) mass is 457 g/mol. The minimum absolute atomic E-state index is 0.0538. The Morgan fingerprint density at radius 1 is 1.09 bits per heavy atom. The lowest BCUT2D eigenvalue weighted by Crippen LogP contribution is -2.27. The molecule has 0 saturated carbocycles. The summed E-state index contributed by atoms with van der Waals surface area (Å²) in [6.07, 6.45) is 3.04. The van der Waals surface area contributed by atoms with Gasteiger partial charge in [-0.05, 0) is 48.5 Å². The molecule has 0 aliphatic rings. The Kier molecular flexibility index (Phi) is 8.81. The van der Waals surface area contributed by atoms with Gasteiger partial charge in [-0.1, -0.05) is 11.6 Å².